The summed E-state index contributed by atoms with van der Waals surface area (Å²) in [4.78, 5) is 8.44. The van der Waals surface area contributed by atoms with E-state index in [0.29, 0.717) is 0 Å². The van der Waals surface area contributed by atoms with Gasteiger partial charge in [0.1, 0.15) is 0 Å². The van der Waals surface area contributed by atoms with Crippen molar-refractivity contribution in [2.45, 2.75) is 13.8 Å². The third-order valence-electron chi connectivity index (χ3n) is 2.44. The lowest BCUT2D eigenvalue weighted by Gasteiger charge is -2.07. The van der Waals surface area contributed by atoms with Crippen LogP contribution in [0, 0.1) is 13.8 Å². The van der Waals surface area contributed by atoms with Crippen molar-refractivity contribution in [3.05, 3.63) is 46.7 Å². The Morgan fingerprint density at radius 1 is 1.07 bits per heavy atom. The first-order valence-corrected chi connectivity index (χ1v) is 5.10. The van der Waals surface area contributed by atoms with Gasteiger partial charge in [-0.2, -0.15) is 0 Å². The van der Waals surface area contributed by atoms with Crippen molar-refractivity contribution >= 4 is 11.6 Å². The van der Waals surface area contributed by atoms with Crippen LogP contribution in [0.1, 0.15) is 11.1 Å². The summed E-state index contributed by atoms with van der Waals surface area (Å²) >= 11 is 6.02. The van der Waals surface area contributed by atoms with E-state index in [1.54, 1.807) is 18.5 Å². The zero-order chi connectivity index (χ0) is 10.8. The number of benzene rings is 1. The molecule has 3 heteroatoms. The van der Waals surface area contributed by atoms with Gasteiger partial charge in [-0.3, -0.25) is 0 Å². The second-order valence-corrected chi connectivity index (χ2v) is 3.90. The summed E-state index contributed by atoms with van der Waals surface area (Å²) in [6.45, 7) is 4.09. The summed E-state index contributed by atoms with van der Waals surface area (Å²) in [6, 6.07) is 5.65. The lowest BCUT2D eigenvalue weighted by molar-refractivity contribution is 1.16. The van der Waals surface area contributed by atoms with Gasteiger partial charge in [-0.05, 0) is 43.2 Å². The molecule has 0 bridgehead atoms. The number of halogens is 1. The summed E-state index contributed by atoms with van der Waals surface area (Å²) in [5.74, 6) is 0.723. The maximum absolute atomic E-state index is 6.02. The van der Waals surface area contributed by atoms with Crippen LogP contribution in [0.4, 0.5) is 0 Å². The Morgan fingerprint density at radius 2 is 1.73 bits per heavy atom. The molecule has 0 aliphatic heterocycles. The monoisotopic (exact) mass is 218 g/mol. The van der Waals surface area contributed by atoms with Gasteiger partial charge in [0.15, 0.2) is 5.82 Å². The van der Waals surface area contributed by atoms with Crippen LogP contribution in [-0.2, 0) is 0 Å². The first-order valence-electron chi connectivity index (χ1n) is 4.72. The molecular formula is C12H11ClN2. The molecule has 0 saturated carbocycles. The molecule has 0 saturated heterocycles. The summed E-state index contributed by atoms with van der Waals surface area (Å²) in [7, 11) is 0. The number of hydrogen-bond donors (Lipinski definition) is 0. The largest absolute Gasteiger partial charge is 0.237 e. The number of nitrogens with zero attached hydrogens (tertiary/aromatic N) is 2. The van der Waals surface area contributed by atoms with E-state index in [4.69, 9.17) is 11.6 Å². The van der Waals surface area contributed by atoms with E-state index in [1.807, 2.05) is 19.1 Å². The molecule has 2 aromatic rings. The van der Waals surface area contributed by atoms with Gasteiger partial charge in [-0.25, -0.2) is 9.97 Å². The molecule has 76 valence electrons. The van der Waals surface area contributed by atoms with Gasteiger partial charge in [0.2, 0.25) is 0 Å². The highest BCUT2D eigenvalue weighted by molar-refractivity contribution is 6.31. The zero-order valence-electron chi connectivity index (χ0n) is 8.66. The van der Waals surface area contributed by atoms with Gasteiger partial charge in [0.05, 0.1) is 0 Å². The standard InChI is InChI=1S/C12H11ClN2/c1-8-6-10(13)7-11(9(8)2)12-14-4-3-5-15-12/h3-7H,1-2H3. The van der Waals surface area contributed by atoms with Crippen LogP contribution >= 0.6 is 11.6 Å². The molecule has 0 amide bonds. The smallest absolute Gasteiger partial charge is 0.159 e. The SMILES string of the molecule is Cc1cc(Cl)cc(-c2ncccn2)c1C. The molecule has 1 heterocycles. The molecule has 0 unspecified atom stereocenters. The number of aromatic nitrogens is 2. The molecular weight excluding hydrogens is 208 g/mol. The van der Waals surface area contributed by atoms with E-state index >= 15 is 0 Å². The Bertz CT molecular complexity index is 480. The van der Waals surface area contributed by atoms with Crippen molar-refractivity contribution in [2.75, 3.05) is 0 Å². The van der Waals surface area contributed by atoms with Crippen molar-refractivity contribution in [3.8, 4) is 11.4 Å². The normalized spacial score (nSPS) is 10.3. The fourth-order valence-electron chi connectivity index (χ4n) is 1.49. The van der Waals surface area contributed by atoms with E-state index in [-0.39, 0.29) is 0 Å². The maximum atomic E-state index is 6.02. The summed E-state index contributed by atoms with van der Waals surface area (Å²) in [6.07, 6.45) is 3.47. The van der Waals surface area contributed by atoms with Crippen molar-refractivity contribution < 1.29 is 0 Å². The quantitative estimate of drug-likeness (QED) is 0.733. The van der Waals surface area contributed by atoms with Crippen LogP contribution in [0.5, 0.6) is 0 Å². The first-order chi connectivity index (χ1) is 7.18. The fraction of sp³-hybridized carbons (Fsp3) is 0.167. The van der Waals surface area contributed by atoms with Gasteiger partial charge in [0, 0.05) is 23.0 Å². The maximum Gasteiger partial charge on any atom is 0.159 e. The first kappa shape index (κ1) is 10.1. The Balaban J connectivity index is 2.63. The van der Waals surface area contributed by atoms with Crippen LogP contribution < -0.4 is 0 Å². The number of rotatable bonds is 1. The number of hydrogen-bond acceptors (Lipinski definition) is 2. The molecule has 0 aliphatic carbocycles. The summed E-state index contributed by atoms with van der Waals surface area (Å²) in [5, 5.41) is 0.723. The lowest BCUT2D eigenvalue weighted by atomic mass is 10.0. The van der Waals surface area contributed by atoms with Gasteiger partial charge in [-0.1, -0.05) is 11.6 Å². The molecule has 0 spiro atoms. The Hall–Kier alpha value is -1.41. The molecule has 0 N–H and O–H groups in total. The van der Waals surface area contributed by atoms with Crippen molar-refractivity contribution in [1.82, 2.24) is 9.97 Å². The third-order valence-corrected chi connectivity index (χ3v) is 2.66. The highest BCUT2D eigenvalue weighted by Crippen LogP contribution is 2.26. The molecule has 1 aromatic heterocycles. The molecule has 2 nitrogen and oxygen atoms in total. The van der Waals surface area contributed by atoms with Gasteiger partial charge in [0.25, 0.3) is 0 Å². The van der Waals surface area contributed by atoms with E-state index < -0.39 is 0 Å². The molecule has 0 atom stereocenters. The lowest BCUT2D eigenvalue weighted by Crippen LogP contribution is -1.92. The molecule has 1 aromatic carbocycles. The average Bonchev–Trinajstić information content (AvgIpc) is 2.24. The van der Waals surface area contributed by atoms with Crippen molar-refractivity contribution in [2.24, 2.45) is 0 Å². The van der Waals surface area contributed by atoms with E-state index in [2.05, 4.69) is 16.9 Å². The molecule has 0 aliphatic rings. The highest BCUT2D eigenvalue weighted by atomic mass is 35.5. The molecule has 0 fully saturated rings. The minimum absolute atomic E-state index is 0.723. The fourth-order valence-corrected chi connectivity index (χ4v) is 1.76. The zero-order valence-corrected chi connectivity index (χ0v) is 9.42. The number of aryl methyl sites for hydroxylation is 1. The van der Waals surface area contributed by atoms with Crippen LogP contribution in [0.15, 0.2) is 30.6 Å². The van der Waals surface area contributed by atoms with E-state index in [0.717, 1.165) is 22.0 Å². The second-order valence-electron chi connectivity index (χ2n) is 3.47. The molecule has 2 rings (SSSR count). The van der Waals surface area contributed by atoms with Gasteiger partial charge in [-0.15, -0.1) is 0 Å². The van der Waals surface area contributed by atoms with Crippen molar-refractivity contribution in [1.29, 1.82) is 0 Å². The Kier molecular flexibility index (Phi) is 2.69. The van der Waals surface area contributed by atoms with Crippen LogP contribution in [0.3, 0.4) is 0 Å². The predicted octanol–water partition coefficient (Wildman–Crippen LogP) is 3.41. The topological polar surface area (TPSA) is 25.8 Å². The second kappa shape index (κ2) is 3.99. The molecule has 15 heavy (non-hydrogen) atoms. The minimum Gasteiger partial charge on any atom is -0.237 e. The van der Waals surface area contributed by atoms with Crippen LogP contribution in [0.25, 0.3) is 11.4 Å². The summed E-state index contributed by atoms with van der Waals surface area (Å²) in [5.41, 5.74) is 3.33. The minimum atomic E-state index is 0.723. The molecule has 0 radical (unpaired) electrons. The van der Waals surface area contributed by atoms with E-state index in [1.165, 1.54) is 5.56 Å². The highest BCUT2D eigenvalue weighted by Gasteiger charge is 2.07. The average molecular weight is 219 g/mol. The van der Waals surface area contributed by atoms with Gasteiger partial charge >= 0.3 is 0 Å². The Morgan fingerprint density at radius 3 is 2.40 bits per heavy atom. The third kappa shape index (κ3) is 2.00. The van der Waals surface area contributed by atoms with Crippen LogP contribution in [-0.4, -0.2) is 9.97 Å². The predicted molar refractivity (Wildman–Crippen MR) is 62.0 cm³/mol. The van der Waals surface area contributed by atoms with E-state index in [9.17, 15) is 0 Å². The van der Waals surface area contributed by atoms with Gasteiger partial charge < -0.3 is 0 Å². The van der Waals surface area contributed by atoms with Crippen LogP contribution in [0.2, 0.25) is 5.02 Å². The Labute approximate surface area is 94.0 Å². The summed E-state index contributed by atoms with van der Waals surface area (Å²) < 4.78 is 0. The van der Waals surface area contributed by atoms with Crippen molar-refractivity contribution in [3.63, 3.8) is 0 Å².